The van der Waals surface area contributed by atoms with Gasteiger partial charge in [0.1, 0.15) is 6.61 Å². The van der Waals surface area contributed by atoms with Gasteiger partial charge < -0.3 is 15.4 Å². The van der Waals surface area contributed by atoms with Crippen molar-refractivity contribution < 1.29 is 19.1 Å². The van der Waals surface area contributed by atoms with Gasteiger partial charge in [-0.3, -0.25) is 9.59 Å². The number of nitrogens with one attached hydrogen (secondary N) is 2. The molecular weight excluding hydrogens is 364 g/mol. The Morgan fingerprint density at radius 1 is 0.852 bits per heavy atom. The van der Waals surface area contributed by atoms with E-state index in [0.717, 1.165) is 17.3 Å². The molecular formula is C20H22N2O4S. The molecule has 2 rings (SSSR count). The molecule has 0 saturated carbocycles. The highest BCUT2D eigenvalue weighted by Gasteiger charge is 2.07. The molecule has 0 aliphatic heterocycles. The smallest absolute Gasteiger partial charge is 0.407 e. The van der Waals surface area contributed by atoms with Crippen LogP contribution in [0.25, 0.3) is 0 Å². The lowest BCUT2D eigenvalue weighted by molar-refractivity contribution is -0.120. The maximum absolute atomic E-state index is 11.9. The third kappa shape index (κ3) is 8.42. The Balaban J connectivity index is 1.50. The first-order valence-corrected chi connectivity index (χ1v) is 9.57. The first-order valence-electron chi connectivity index (χ1n) is 8.58. The summed E-state index contributed by atoms with van der Waals surface area (Å²) in [6.45, 7) is 0.765. The van der Waals surface area contributed by atoms with Crippen molar-refractivity contribution in [2.75, 3.05) is 18.8 Å². The predicted molar refractivity (Wildman–Crippen MR) is 105 cm³/mol. The number of ether oxygens (including phenoxy) is 1. The van der Waals surface area contributed by atoms with Crippen molar-refractivity contribution >= 4 is 28.9 Å². The van der Waals surface area contributed by atoms with Crippen molar-refractivity contribution in [2.45, 2.75) is 13.0 Å². The molecule has 142 valence electrons. The highest BCUT2D eigenvalue weighted by Crippen LogP contribution is 2.11. The molecule has 0 bridgehead atoms. The van der Waals surface area contributed by atoms with Crippen molar-refractivity contribution in [1.82, 2.24) is 10.6 Å². The standard InChI is InChI=1S/C20H22N2O4S/c23-18(21-13-14-27-19(24)17-9-5-2-6-10-17)11-12-22-20(25)26-15-16-7-3-1-4-8-16/h1-10H,11-15H2,(H,21,23)(H,22,25). The average molecular weight is 386 g/mol. The van der Waals surface area contributed by atoms with Crippen LogP contribution in [0, 0.1) is 0 Å². The molecule has 0 aliphatic rings. The highest BCUT2D eigenvalue weighted by molar-refractivity contribution is 8.14. The summed E-state index contributed by atoms with van der Waals surface area (Å²) in [4.78, 5) is 35.2. The zero-order valence-electron chi connectivity index (χ0n) is 14.9. The molecule has 7 heteroatoms. The van der Waals surface area contributed by atoms with Gasteiger partial charge in [0, 0.05) is 30.8 Å². The third-order valence-electron chi connectivity index (χ3n) is 3.50. The van der Waals surface area contributed by atoms with Crippen LogP contribution in [0.4, 0.5) is 4.79 Å². The number of amides is 2. The maximum atomic E-state index is 11.9. The molecule has 2 amide bonds. The molecule has 0 fully saturated rings. The van der Waals surface area contributed by atoms with E-state index in [4.69, 9.17) is 4.74 Å². The minimum absolute atomic E-state index is 0.0207. The first-order chi connectivity index (χ1) is 13.1. The maximum Gasteiger partial charge on any atom is 0.407 e. The zero-order valence-corrected chi connectivity index (χ0v) is 15.7. The van der Waals surface area contributed by atoms with Gasteiger partial charge in [0.2, 0.25) is 11.0 Å². The summed E-state index contributed by atoms with van der Waals surface area (Å²) in [5.41, 5.74) is 1.54. The van der Waals surface area contributed by atoms with Crippen LogP contribution in [0.2, 0.25) is 0 Å². The molecule has 0 atom stereocenters. The quantitative estimate of drug-likeness (QED) is 0.647. The fourth-order valence-corrected chi connectivity index (χ4v) is 2.82. The zero-order chi connectivity index (χ0) is 19.3. The minimum atomic E-state index is -0.560. The Bertz CT molecular complexity index is 738. The van der Waals surface area contributed by atoms with E-state index in [2.05, 4.69) is 10.6 Å². The number of carbonyl (C=O) groups excluding carboxylic acids is 3. The van der Waals surface area contributed by atoms with Crippen LogP contribution in [0.5, 0.6) is 0 Å². The van der Waals surface area contributed by atoms with Crippen molar-refractivity contribution in [3.63, 3.8) is 0 Å². The lowest BCUT2D eigenvalue weighted by Gasteiger charge is -2.08. The van der Waals surface area contributed by atoms with Crippen LogP contribution in [0.1, 0.15) is 22.3 Å². The molecule has 0 radical (unpaired) electrons. The second-order valence-corrected chi connectivity index (χ2v) is 6.66. The Hall–Kier alpha value is -2.80. The summed E-state index contributed by atoms with van der Waals surface area (Å²) < 4.78 is 5.05. The van der Waals surface area contributed by atoms with E-state index in [1.165, 1.54) is 0 Å². The van der Waals surface area contributed by atoms with E-state index in [0.29, 0.717) is 17.9 Å². The Morgan fingerprint density at radius 3 is 2.22 bits per heavy atom. The normalized spacial score (nSPS) is 10.1. The molecule has 0 heterocycles. The van der Waals surface area contributed by atoms with E-state index in [1.54, 1.807) is 12.1 Å². The first kappa shape index (κ1) is 20.5. The third-order valence-corrected chi connectivity index (χ3v) is 4.41. The number of thioether (sulfide) groups is 1. The van der Waals surface area contributed by atoms with Gasteiger partial charge in [-0.2, -0.15) is 0 Å². The second kappa shape index (κ2) is 11.7. The van der Waals surface area contributed by atoms with Gasteiger partial charge in [-0.1, -0.05) is 72.4 Å². The number of benzene rings is 2. The van der Waals surface area contributed by atoms with E-state index >= 15 is 0 Å². The Labute approximate surface area is 162 Å². The Kier molecular flexibility index (Phi) is 8.92. The molecule has 0 saturated heterocycles. The predicted octanol–water partition coefficient (Wildman–Crippen LogP) is 2.99. The molecule has 6 nitrogen and oxygen atoms in total. The van der Waals surface area contributed by atoms with Crippen LogP contribution in [-0.4, -0.2) is 36.0 Å². The second-order valence-electron chi connectivity index (χ2n) is 5.59. The molecule has 2 aromatic carbocycles. The van der Waals surface area contributed by atoms with Crippen molar-refractivity contribution in [3.05, 3.63) is 71.8 Å². The summed E-state index contributed by atoms with van der Waals surface area (Å²) in [5, 5.41) is 5.23. The monoisotopic (exact) mass is 386 g/mol. The topological polar surface area (TPSA) is 84.5 Å². The van der Waals surface area contributed by atoms with E-state index in [1.807, 2.05) is 48.5 Å². The summed E-state index contributed by atoms with van der Waals surface area (Å²) >= 11 is 1.16. The number of alkyl carbamates (subject to hydrolysis) is 1. The van der Waals surface area contributed by atoms with Crippen LogP contribution >= 0.6 is 11.8 Å². The van der Waals surface area contributed by atoms with E-state index < -0.39 is 6.09 Å². The largest absolute Gasteiger partial charge is 0.445 e. The number of rotatable bonds is 9. The molecule has 0 unspecified atom stereocenters. The lowest BCUT2D eigenvalue weighted by atomic mass is 10.2. The van der Waals surface area contributed by atoms with Gasteiger partial charge in [0.05, 0.1) is 0 Å². The van der Waals surface area contributed by atoms with Crippen molar-refractivity contribution in [1.29, 1.82) is 0 Å². The van der Waals surface area contributed by atoms with Gasteiger partial charge in [-0.25, -0.2) is 4.79 Å². The number of hydrogen-bond acceptors (Lipinski definition) is 5. The molecule has 2 N–H and O–H groups in total. The van der Waals surface area contributed by atoms with Crippen LogP contribution in [-0.2, 0) is 16.1 Å². The fourth-order valence-electron chi connectivity index (χ4n) is 2.13. The fraction of sp³-hybridized carbons (Fsp3) is 0.250. The van der Waals surface area contributed by atoms with Crippen molar-refractivity contribution in [2.24, 2.45) is 0 Å². The summed E-state index contributed by atoms with van der Waals surface area (Å²) in [7, 11) is 0. The summed E-state index contributed by atoms with van der Waals surface area (Å²) in [6, 6.07) is 18.3. The molecule has 27 heavy (non-hydrogen) atoms. The van der Waals surface area contributed by atoms with Gasteiger partial charge >= 0.3 is 6.09 Å². The van der Waals surface area contributed by atoms with Crippen LogP contribution < -0.4 is 10.6 Å². The van der Waals surface area contributed by atoms with Gasteiger partial charge in [-0.05, 0) is 5.56 Å². The van der Waals surface area contributed by atoms with Crippen LogP contribution in [0.15, 0.2) is 60.7 Å². The van der Waals surface area contributed by atoms with Gasteiger partial charge in [-0.15, -0.1) is 0 Å². The van der Waals surface area contributed by atoms with Gasteiger partial charge in [0.25, 0.3) is 0 Å². The van der Waals surface area contributed by atoms with E-state index in [-0.39, 0.29) is 30.6 Å². The summed E-state index contributed by atoms with van der Waals surface area (Å²) in [5.74, 6) is 0.303. The summed E-state index contributed by atoms with van der Waals surface area (Å²) in [6.07, 6.45) is -0.409. The van der Waals surface area contributed by atoms with Crippen LogP contribution in [0.3, 0.4) is 0 Å². The molecule has 0 spiro atoms. The van der Waals surface area contributed by atoms with Gasteiger partial charge in [0.15, 0.2) is 0 Å². The number of hydrogen-bond donors (Lipinski definition) is 2. The Morgan fingerprint density at radius 2 is 1.52 bits per heavy atom. The SMILES string of the molecule is O=C(CCNC(=O)OCc1ccccc1)NCCSC(=O)c1ccccc1. The molecule has 0 aliphatic carbocycles. The average Bonchev–Trinajstić information content (AvgIpc) is 2.71. The minimum Gasteiger partial charge on any atom is -0.445 e. The molecule has 2 aromatic rings. The highest BCUT2D eigenvalue weighted by atomic mass is 32.2. The van der Waals surface area contributed by atoms with Crippen molar-refractivity contribution in [3.8, 4) is 0 Å². The number of carbonyl (C=O) groups is 3. The van der Waals surface area contributed by atoms with E-state index in [9.17, 15) is 14.4 Å². The molecule has 0 aromatic heterocycles. The lowest BCUT2D eigenvalue weighted by Crippen LogP contribution is -2.32.